The first-order chi connectivity index (χ1) is 9.16. The number of benzene rings is 2. The molecule has 100 valence electrons. The highest BCUT2D eigenvalue weighted by Gasteiger charge is 2.25. The van der Waals surface area contributed by atoms with Crippen LogP contribution in [0.1, 0.15) is 25.3 Å². The van der Waals surface area contributed by atoms with E-state index in [-0.39, 0.29) is 0 Å². The number of hydrogen-bond acceptors (Lipinski definition) is 1. The Bertz CT molecular complexity index is 558. The van der Waals surface area contributed by atoms with E-state index < -0.39 is 7.14 Å². The van der Waals surface area contributed by atoms with E-state index in [1.807, 2.05) is 42.5 Å². The minimum Gasteiger partial charge on any atom is -0.314 e. The summed E-state index contributed by atoms with van der Waals surface area (Å²) in [4.78, 5) is 0. The van der Waals surface area contributed by atoms with Crippen LogP contribution in [0.5, 0.6) is 0 Å². The Kier molecular flexibility index (Phi) is 4.61. The van der Waals surface area contributed by atoms with E-state index in [0.29, 0.717) is 0 Å². The van der Waals surface area contributed by atoms with Gasteiger partial charge in [-0.1, -0.05) is 73.5 Å². The fourth-order valence-electron chi connectivity index (χ4n) is 2.24. The molecule has 0 saturated heterocycles. The summed E-state index contributed by atoms with van der Waals surface area (Å²) in [6, 6.07) is 18.1. The maximum Gasteiger partial charge on any atom is 0.143 e. The fraction of sp³-hybridized carbons (Fsp3) is 0.294. The molecule has 1 nitrogen and oxygen atoms in total. The summed E-state index contributed by atoms with van der Waals surface area (Å²) in [5.41, 5.74) is 1.21. The highest BCUT2D eigenvalue weighted by molar-refractivity contribution is 7.78. The van der Waals surface area contributed by atoms with Crippen LogP contribution in [-0.4, -0.2) is 6.16 Å². The predicted octanol–water partition coefficient (Wildman–Crippen LogP) is 4.11. The lowest BCUT2D eigenvalue weighted by molar-refractivity contribution is 0.585. The Labute approximate surface area is 116 Å². The number of aryl methyl sites for hydroxylation is 1. The van der Waals surface area contributed by atoms with E-state index in [2.05, 4.69) is 26.0 Å². The first-order valence-electron chi connectivity index (χ1n) is 6.89. The van der Waals surface area contributed by atoms with Gasteiger partial charge in [-0.15, -0.1) is 0 Å². The van der Waals surface area contributed by atoms with Crippen LogP contribution in [0.25, 0.3) is 0 Å². The maximum absolute atomic E-state index is 13.5. The Morgan fingerprint density at radius 1 is 0.895 bits per heavy atom. The van der Waals surface area contributed by atoms with Gasteiger partial charge in [-0.05, 0) is 13.3 Å². The third-order valence-corrected chi connectivity index (χ3v) is 6.66. The summed E-state index contributed by atoms with van der Waals surface area (Å²) in [5, 5.41) is 1.96. The van der Waals surface area contributed by atoms with Gasteiger partial charge in [0.1, 0.15) is 7.14 Å². The summed E-state index contributed by atoms with van der Waals surface area (Å²) in [6.07, 6.45) is 2.83. The number of rotatable bonds is 5. The molecular formula is C17H21OP. The lowest BCUT2D eigenvalue weighted by Gasteiger charge is -2.19. The van der Waals surface area contributed by atoms with Crippen molar-refractivity contribution in [2.75, 3.05) is 6.16 Å². The average Bonchev–Trinajstić information content (AvgIpc) is 2.46. The van der Waals surface area contributed by atoms with Crippen LogP contribution in [0.4, 0.5) is 0 Å². The van der Waals surface area contributed by atoms with Gasteiger partial charge in [0.15, 0.2) is 0 Å². The Morgan fingerprint density at radius 3 is 2.05 bits per heavy atom. The van der Waals surface area contributed by atoms with Crippen LogP contribution in [0.15, 0.2) is 54.6 Å². The quantitative estimate of drug-likeness (QED) is 0.749. The zero-order valence-corrected chi connectivity index (χ0v) is 12.6. The molecule has 1 atom stereocenters. The molecule has 0 aliphatic heterocycles. The molecule has 0 heterocycles. The first kappa shape index (κ1) is 14.1. The van der Waals surface area contributed by atoms with Crippen molar-refractivity contribution < 1.29 is 4.57 Å². The third kappa shape index (κ3) is 3.16. The fourth-order valence-corrected chi connectivity index (χ4v) is 5.10. The molecule has 2 rings (SSSR count). The normalized spacial score (nSPS) is 14.0. The van der Waals surface area contributed by atoms with Gasteiger partial charge in [-0.3, -0.25) is 0 Å². The molecule has 0 N–H and O–H groups in total. The zero-order valence-electron chi connectivity index (χ0n) is 11.7. The highest BCUT2D eigenvalue weighted by Crippen LogP contribution is 2.44. The van der Waals surface area contributed by atoms with Gasteiger partial charge in [0.25, 0.3) is 0 Å². The van der Waals surface area contributed by atoms with Crippen molar-refractivity contribution in [3.63, 3.8) is 0 Å². The van der Waals surface area contributed by atoms with Crippen molar-refractivity contribution in [3.05, 3.63) is 60.2 Å². The van der Waals surface area contributed by atoms with E-state index in [4.69, 9.17) is 0 Å². The minimum absolute atomic E-state index is 0.760. The molecule has 0 radical (unpaired) electrons. The second-order valence-electron chi connectivity index (χ2n) is 4.99. The van der Waals surface area contributed by atoms with Crippen molar-refractivity contribution in [2.24, 2.45) is 0 Å². The van der Waals surface area contributed by atoms with Crippen molar-refractivity contribution in [1.82, 2.24) is 0 Å². The smallest absolute Gasteiger partial charge is 0.143 e. The molecule has 0 fully saturated rings. The lowest BCUT2D eigenvalue weighted by atomic mass is 10.2. The lowest BCUT2D eigenvalue weighted by Crippen LogP contribution is -2.18. The van der Waals surface area contributed by atoms with Gasteiger partial charge in [0, 0.05) is 16.8 Å². The monoisotopic (exact) mass is 272 g/mol. The molecule has 1 unspecified atom stereocenters. The van der Waals surface area contributed by atoms with Crippen LogP contribution < -0.4 is 10.6 Å². The van der Waals surface area contributed by atoms with Crippen LogP contribution in [-0.2, 0) is 4.57 Å². The summed E-state index contributed by atoms with van der Waals surface area (Å²) >= 11 is 0. The van der Waals surface area contributed by atoms with Crippen molar-refractivity contribution in [2.45, 2.75) is 26.7 Å². The standard InChI is InChI=1S/C17H21OP/c1-3-4-14-19(18,16-8-6-5-7-9-16)17-12-10-15(2)11-13-17/h5-13H,3-4,14H2,1-2H3. The van der Waals surface area contributed by atoms with Gasteiger partial charge >= 0.3 is 0 Å². The van der Waals surface area contributed by atoms with E-state index in [9.17, 15) is 4.57 Å². The second kappa shape index (κ2) is 6.21. The van der Waals surface area contributed by atoms with Crippen molar-refractivity contribution in [1.29, 1.82) is 0 Å². The van der Waals surface area contributed by atoms with Crippen molar-refractivity contribution in [3.8, 4) is 0 Å². The van der Waals surface area contributed by atoms with Gasteiger partial charge < -0.3 is 4.57 Å². The SMILES string of the molecule is CCCCP(=O)(c1ccccc1)c1ccc(C)cc1. The van der Waals surface area contributed by atoms with E-state index in [1.165, 1.54) is 5.56 Å². The molecule has 0 aromatic heterocycles. The average molecular weight is 272 g/mol. The van der Waals surface area contributed by atoms with Gasteiger partial charge in [0.05, 0.1) is 0 Å². The van der Waals surface area contributed by atoms with E-state index >= 15 is 0 Å². The first-order valence-corrected chi connectivity index (χ1v) is 8.78. The molecular weight excluding hydrogens is 251 g/mol. The van der Waals surface area contributed by atoms with Crippen LogP contribution in [0.2, 0.25) is 0 Å². The third-order valence-electron chi connectivity index (χ3n) is 3.45. The Hall–Kier alpha value is -1.33. The molecule has 0 saturated carbocycles. The summed E-state index contributed by atoms with van der Waals surface area (Å²) in [6.45, 7) is 4.20. The predicted molar refractivity (Wildman–Crippen MR) is 84.3 cm³/mol. The van der Waals surface area contributed by atoms with Gasteiger partial charge in [-0.2, -0.15) is 0 Å². The van der Waals surface area contributed by atoms with E-state index in [0.717, 1.165) is 29.6 Å². The molecule has 2 heteroatoms. The molecule has 0 spiro atoms. The van der Waals surface area contributed by atoms with Crippen LogP contribution in [0, 0.1) is 6.92 Å². The van der Waals surface area contributed by atoms with Gasteiger partial charge in [-0.25, -0.2) is 0 Å². The van der Waals surface area contributed by atoms with Crippen LogP contribution >= 0.6 is 7.14 Å². The minimum atomic E-state index is -2.46. The topological polar surface area (TPSA) is 17.1 Å². The number of hydrogen-bond donors (Lipinski definition) is 0. The molecule has 0 amide bonds. The molecule has 2 aromatic carbocycles. The zero-order chi connectivity index (χ0) is 13.7. The maximum atomic E-state index is 13.5. The molecule has 0 bridgehead atoms. The molecule has 0 aliphatic rings. The Morgan fingerprint density at radius 2 is 1.47 bits per heavy atom. The highest BCUT2D eigenvalue weighted by atomic mass is 31.2. The number of unbranched alkanes of at least 4 members (excludes halogenated alkanes) is 1. The van der Waals surface area contributed by atoms with E-state index in [1.54, 1.807) is 0 Å². The molecule has 19 heavy (non-hydrogen) atoms. The summed E-state index contributed by atoms with van der Waals surface area (Å²) < 4.78 is 13.5. The van der Waals surface area contributed by atoms with Crippen LogP contribution in [0.3, 0.4) is 0 Å². The second-order valence-corrected chi connectivity index (χ2v) is 7.95. The largest absolute Gasteiger partial charge is 0.314 e. The molecule has 2 aromatic rings. The van der Waals surface area contributed by atoms with Gasteiger partial charge in [0.2, 0.25) is 0 Å². The summed E-state index contributed by atoms with van der Waals surface area (Å²) in [5.74, 6) is 0. The Balaban J connectivity index is 2.46. The molecule has 0 aliphatic carbocycles. The van der Waals surface area contributed by atoms with Crippen molar-refractivity contribution >= 4 is 17.8 Å². The summed E-state index contributed by atoms with van der Waals surface area (Å²) in [7, 11) is -2.46.